The fourth-order valence-corrected chi connectivity index (χ4v) is 6.31. The van der Waals surface area contributed by atoms with Crippen molar-refractivity contribution in [2.75, 3.05) is 18.6 Å². The maximum Gasteiger partial charge on any atom is 0.120 e. The molecule has 4 aromatic rings. The zero-order valence-electron chi connectivity index (χ0n) is 22.5. The van der Waals surface area contributed by atoms with Gasteiger partial charge in [0.15, 0.2) is 0 Å². The van der Waals surface area contributed by atoms with Crippen molar-refractivity contribution in [3.63, 3.8) is 0 Å². The van der Waals surface area contributed by atoms with Gasteiger partial charge in [0, 0.05) is 42.8 Å². The van der Waals surface area contributed by atoms with Crippen molar-refractivity contribution in [3.8, 4) is 17.0 Å². The lowest BCUT2D eigenvalue weighted by Gasteiger charge is -2.38. The summed E-state index contributed by atoms with van der Waals surface area (Å²) in [5.74, 6) is 1.64. The van der Waals surface area contributed by atoms with E-state index in [2.05, 4.69) is 85.2 Å². The summed E-state index contributed by atoms with van der Waals surface area (Å²) in [5, 5.41) is 5.95. The number of anilines is 2. The zero-order chi connectivity index (χ0) is 25.7. The fourth-order valence-electron chi connectivity index (χ4n) is 4.43. The molecule has 2 heterocycles. The van der Waals surface area contributed by atoms with Crippen LogP contribution in [0, 0.1) is 5.92 Å². The molecule has 6 nitrogen and oxygen atoms in total. The van der Waals surface area contributed by atoms with E-state index in [9.17, 15) is 0 Å². The first-order valence-corrected chi connectivity index (χ1v) is 15.8. The summed E-state index contributed by atoms with van der Waals surface area (Å²) < 4.78 is 7.60. The largest absolute Gasteiger partial charge is 0.497 e. The highest BCUT2D eigenvalue weighted by molar-refractivity contribution is 6.92. The summed E-state index contributed by atoms with van der Waals surface area (Å²) in [6.07, 6.45) is 8.20. The van der Waals surface area contributed by atoms with Crippen molar-refractivity contribution in [2.24, 2.45) is 13.0 Å². The van der Waals surface area contributed by atoms with Crippen molar-refractivity contribution < 1.29 is 4.74 Å². The van der Waals surface area contributed by atoms with Gasteiger partial charge in [-0.1, -0.05) is 39.1 Å². The predicted octanol–water partition coefficient (Wildman–Crippen LogP) is 6.30. The molecule has 5 rings (SSSR count). The van der Waals surface area contributed by atoms with E-state index in [0.717, 1.165) is 46.2 Å². The van der Waals surface area contributed by atoms with Crippen LogP contribution in [0.25, 0.3) is 22.3 Å². The second-order valence-electron chi connectivity index (χ2n) is 11.7. The average Bonchev–Trinajstić information content (AvgIpc) is 3.57. The molecule has 188 valence electrons. The maximum atomic E-state index is 5.81. The Kier molecular flexibility index (Phi) is 6.15. The average molecular weight is 500 g/mol. The highest BCUT2D eigenvalue weighted by atomic mass is 28.3. The second-order valence-corrected chi connectivity index (χ2v) is 17.0. The summed E-state index contributed by atoms with van der Waals surface area (Å²) in [5.41, 5.74) is 5.92. The lowest BCUT2D eigenvalue weighted by Crippen LogP contribution is -2.49. The van der Waals surface area contributed by atoms with E-state index in [1.165, 1.54) is 23.7 Å². The molecular weight excluding hydrogens is 462 g/mol. The Hall–Kier alpha value is -3.19. The number of fused-ring (bicyclic) bond motifs is 1. The van der Waals surface area contributed by atoms with E-state index >= 15 is 0 Å². The van der Waals surface area contributed by atoms with Crippen LogP contribution in [0.4, 0.5) is 11.4 Å². The van der Waals surface area contributed by atoms with Gasteiger partial charge >= 0.3 is 0 Å². The Morgan fingerprint density at radius 3 is 2.44 bits per heavy atom. The Morgan fingerprint density at radius 1 is 1.03 bits per heavy atom. The van der Waals surface area contributed by atoms with E-state index in [1.807, 2.05) is 25.6 Å². The van der Waals surface area contributed by atoms with Gasteiger partial charge < -0.3 is 9.64 Å². The van der Waals surface area contributed by atoms with Gasteiger partial charge in [-0.3, -0.25) is 9.67 Å². The molecule has 7 heteroatoms. The number of benzene rings is 2. The van der Waals surface area contributed by atoms with Gasteiger partial charge in [0.25, 0.3) is 0 Å². The molecule has 2 aromatic carbocycles. The topological polar surface area (TPSA) is 56.1 Å². The van der Waals surface area contributed by atoms with Crippen LogP contribution in [0.1, 0.15) is 33.6 Å². The van der Waals surface area contributed by atoms with Gasteiger partial charge in [-0.25, -0.2) is 4.98 Å². The molecule has 0 atom stereocenters. The van der Waals surface area contributed by atoms with Crippen molar-refractivity contribution >= 4 is 35.7 Å². The number of nitrogens with zero attached hydrogens (tertiary/aromatic N) is 5. The highest BCUT2D eigenvalue weighted by Crippen LogP contribution is 2.40. The molecule has 1 aliphatic carbocycles. The van der Waals surface area contributed by atoms with E-state index in [1.54, 1.807) is 11.8 Å². The van der Waals surface area contributed by atoms with Crippen LogP contribution in [-0.4, -0.2) is 41.5 Å². The summed E-state index contributed by atoms with van der Waals surface area (Å²) >= 11 is 0. The number of ether oxygens (including phenoxy) is 1. The summed E-state index contributed by atoms with van der Waals surface area (Å²) in [6.45, 7) is 13.0. The standard InChI is InChI=1S/C29H37N5OSi/c1-29(2,3)36(6,7)25-13-23(12-24(15-25)35-5)34(18-20-8-9-20)22-10-11-26-27(14-22)32-28(17-30-26)21-16-31-33(4)19-21/h10-17,19-20H,8-9,18H2,1-7H3. The van der Waals surface area contributed by atoms with E-state index in [-0.39, 0.29) is 5.04 Å². The van der Waals surface area contributed by atoms with Crippen LogP contribution in [0.3, 0.4) is 0 Å². The normalized spacial score (nSPS) is 14.3. The van der Waals surface area contributed by atoms with Crippen LogP contribution in [-0.2, 0) is 7.05 Å². The number of methoxy groups -OCH3 is 1. The minimum Gasteiger partial charge on any atom is -0.497 e. The van der Waals surface area contributed by atoms with Crippen molar-refractivity contribution in [3.05, 3.63) is 55.0 Å². The molecule has 0 spiro atoms. The van der Waals surface area contributed by atoms with E-state index in [4.69, 9.17) is 9.72 Å². The lowest BCUT2D eigenvalue weighted by molar-refractivity contribution is 0.415. The summed E-state index contributed by atoms with van der Waals surface area (Å²) in [7, 11) is 1.93. The molecule has 0 radical (unpaired) electrons. The Balaban J connectivity index is 1.60. The monoisotopic (exact) mass is 499 g/mol. The van der Waals surface area contributed by atoms with Gasteiger partial charge in [0.05, 0.1) is 44.3 Å². The molecule has 2 aromatic heterocycles. The van der Waals surface area contributed by atoms with E-state index in [0.29, 0.717) is 0 Å². The van der Waals surface area contributed by atoms with Crippen molar-refractivity contribution in [1.82, 2.24) is 19.7 Å². The quantitative estimate of drug-likeness (QED) is 0.279. The molecule has 0 N–H and O–H groups in total. The van der Waals surface area contributed by atoms with Gasteiger partial charge in [0.1, 0.15) is 5.75 Å². The maximum absolute atomic E-state index is 5.81. The highest BCUT2D eigenvalue weighted by Gasteiger charge is 2.37. The molecule has 0 bridgehead atoms. The molecule has 1 aliphatic rings. The molecule has 0 amide bonds. The molecule has 0 aliphatic heterocycles. The zero-order valence-corrected chi connectivity index (χ0v) is 23.5. The molecule has 1 saturated carbocycles. The van der Waals surface area contributed by atoms with E-state index < -0.39 is 8.07 Å². The third-order valence-electron chi connectivity index (χ3n) is 8.01. The molecule has 0 saturated heterocycles. The fraction of sp³-hybridized carbons (Fsp3) is 0.414. The number of aryl methyl sites for hydroxylation is 1. The van der Waals surface area contributed by atoms with Crippen LogP contribution in [0.5, 0.6) is 5.75 Å². The minimum atomic E-state index is -1.75. The van der Waals surface area contributed by atoms with Gasteiger partial charge in [0.2, 0.25) is 0 Å². The Bertz CT molecular complexity index is 1400. The Labute approximate surface area is 215 Å². The molecular formula is C29H37N5OSi. The van der Waals surface area contributed by atoms with Crippen molar-refractivity contribution in [2.45, 2.75) is 51.7 Å². The number of hydrogen-bond donors (Lipinski definition) is 0. The summed E-state index contributed by atoms with van der Waals surface area (Å²) in [4.78, 5) is 12.1. The first-order chi connectivity index (χ1) is 17.0. The first kappa shape index (κ1) is 24.5. The minimum absolute atomic E-state index is 0.235. The third kappa shape index (κ3) is 4.76. The number of rotatable bonds is 7. The molecule has 0 unspecified atom stereocenters. The van der Waals surface area contributed by atoms with Crippen LogP contribution < -0.4 is 14.8 Å². The molecule has 1 fully saturated rings. The van der Waals surface area contributed by atoms with Crippen LogP contribution >= 0.6 is 0 Å². The van der Waals surface area contributed by atoms with Crippen LogP contribution in [0.15, 0.2) is 55.0 Å². The SMILES string of the molecule is COc1cc(N(CC2CC2)c2ccc3ncc(-c4cnn(C)c4)nc3c2)cc([Si](C)(C)C(C)(C)C)c1. The smallest absolute Gasteiger partial charge is 0.120 e. The Morgan fingerprint density at radius 2 is 1.81 bits per heavy atom. The number of hydrogen-bond acceptors (Lipinski definition) is 5. The number of aromatic nitrogens is 4. The third-order valence-corrected chi connectivity index (χ3v) is 13.5. The molecule has 36 heavy (non-hydrogen) atoms. The summed E-state index contributed by atoms with van der Waals surface area (Å²) in [6, 6.07) is 13.3. The predicted molar refractivity (Wildman–Crippen MR) is 151 cm³/mol. The van der Waals surface area contributed by atoms with Gasteiger partial charge in [-0.15, -0.1) is 0 Å². The lowest BCUT2D eigenvalue weighted by atomic mass is 10.1. The first-order valence-electron chi connectivity index (χ1n) is 12.8. The van der Waals surface area contributed by atoms with Crippen molar-refractivity contribution in [1.29, 1.82) is 0 Å². The second kappa shape index (κ2) is 9.03. The van der Waals surface area contributed by atoms with Gasteiger partial charge in [-0.2, -0.15) is 5.10 Å². The van der Waals surface area contributed by atoms with Crippen LogP contribution in [0.2, 0.25) is 18.1 Å². The van der Waals surface area contributed by atoms with Gasteiger partial charge in [-0.05, 0) is 54.1 Å².